The molecule has 3 aliphatic heterocycles. The van der Waals surface area contributed by atoms with Crippen molar-refractivity contribution < 1.29 is 24.2 Å². The third-order valence-electron chi connectivity index (χ3n) is 2.84. The molecule has 3 rings (SSSR count). The third-order valence-corrected chi connectivity index (χ3v) is 2.84. The van der Waals surface area contributed by atoms with Gasteiger partial charge in [-0.2, -0.15) is 0 Å². The van der Waals surface area contributed by atoms with Crippen LogP contribution in [0.4, 0.5) is 0 Å². The predicted octanol–water partition coefficient (Wildman–Crippen LogP) is 0.0918. The van der Waals surface area contributed by atoms with E-state index >= 15 is 0 Å². The van der Waals surface area contributed by atoms with Crippen LogP contribution in [0.15, 0.2) is 5.16 Å². The van der Waals surface area contributed by atoms with Crippen LogP contribution in [0.5, 0.6) is 0 Å². The van der Waals surface area contributed by atoms with E-state index in [1.165, 1.54) is 0 Å². The molecule has 3 aliphatic rings. The van der Waals surface area contributed by atoms with Crippen molar-refractivity contribution in [2.75, 3.05) is 6.61 Å². The fourth-order valence-electron chi connectivity index (χ4n) is 2.27. The van der Waals surface area contributed by atoms with Gasteiger partial charge in [-0.05, 0) is 13.8 Å². The minimum absolute atomic E-state index is 0.307. The van der Waals surface area contributed by atoms with E-state index in [0.717, 1.165) is 0 Å². The van der Waals surface area contributed by atoms with Crippen LogP contribution in [0.1, 0.15) is 13.8 Å². The minimum Gasteiger partial charge on any atom is -0.411 e. The summed E-state index contributed by atoms with van der Waals surface area (Å²) in [5.74, 6) is -0.692. The molecule has 6 nitrogen and oxygen atoms in total. The molecule has 0 amide bonds. The molecule has 3 heterocycles. The lowest BCUT2D eigenvalue weighted by atomic mass is 10.0. The zero-order chi connectivity index (χ0) is 10.6. The summed E-state index contributed by atoms with van der Waals surface area (Å²) >= 11 is 0. The second-order valence-electron chi connectivity index (χ2n) is 4.37. The molecule has 0 aliphatic carbocycles. The van der Waals surface area contributed by atoms with Gasteiger partial charge in [0.15, 0.2) is 12.1 Å². The van der Waals surface area contributed by atoms with E-state index in [1.807, 2.05) is 13.8 Å². The number of hydrogen-bond donors (Lipinski definition) is 1. The predicted molar refractivity (Wildman–Crippen MR) is 47.7 cm³/mol. The highest BCUT2D eigenvalue weighted by Gasteiger charge is 2.57. The molecule has 0 radical (unpaired) electrons. The lowest BCUT2D eigenvalue weighted by Gasteiger charge is -2.27. The normalized spacial score (nSPS) is 49.6. The summed E-state index contributed by atoms with van der Waals surface area (Å²) in [6.45, 7) is 4.02. The molecule has 0 saturated carbocycles. The van der Waals surface area contributed by atoms with Gasteiger partial charge >= 0.3 is 0 Å². The Morgan fingerprint density at radius 3 is 2.93 bits per heavy atom. The summed E-state index contributed by atoms with van der Waals surface area (Å²) < 4.78 is 22.2. The Kier molecular flexibility index (Phi) is 1.85. The van der Waals surface area contributed by atoms with Crippen molar-refractivity contribution in [3.05, 3.63) is 0 Å². The fraction of sp³-hybridized carbons (Fsp3) is 0.889. The monoisotopic (exact) mass is 215 g/mol. The average Bonchev–Trinajstić information content (AvgIpc) is 2.70. The van der Waals surface area contributed by atoms with Crippen LogP contribution in [-0.2, 0) is 18.9 Å². The molecule has 3 fully saturated rings. The van der Waals surface area contributed by atoms with Crippen LogP contribution in [0.3, 0.4) is 0 Å². The first kappa shape index (κ1) is 9.53. The molecule has 3 saturated heterocycles. The molecule has 0 aromatic rings. The summed E-state index contributed by atoms with van der Waals surface area (Å²) in [6, 6.07) is 0. The second kappa shape index (κ2) is 2.91. The van der Waals surface area contributed by atoms with Gasteiger partial charge in [-0.25, -0.2) is 0 Å². The van der Waals surface area contributed by atoms with Gasteiger partial charge in [-0.1, -0.05) is 5.16 Å². The Morgan fingerprint density at radius 1 is 1.40 bits per heavy atom. The summed E-state index contributed by atoms with van der Waals surface area (Å²) in [7, 11) is 0. The van der Waals surface area contributed by atoms with E-state index in [0.29, 0.717) is 12.3 Å². The molecule has 0 aromatic carbocycles. The van der Waals surface area contributed by atoms with E-state index in [1.54, 1.807) is 0 Å². The van der Waals surface area contributed by atoms with Gasteiger partial charge in [0.25, 0.3) is 0 Å². The van der Waals surface area contributed by atoms with Crippen LogP contribution in [0.25, 0.3) is 0 Å². The van der Waals surface area contributed by atoms with Gasteiger partial charge in [0, 0.05) is 0 Å². The SMILES string of the molecule is CC1(C)O[C@@H]2[C@@H]3OC[C@H](O3)/C(=N/O)[C@@H]2O1. The van der Waals surface area contributed by atoms with Gasteiger partial charge in [0.05, 0.1) is 6.61 Å². The van der Waals surface area contributed by atoms with Crippen molar-refractivity contribution in [1.82, 2.24) is 0 Å². The van der Waals surface area contributed by atoms with Crippen molar-refractivity contribution in [2.45, 2.75) is 44.2 Å². The number of rotatable bonds is 0. The van der Waals surface area contributed by atoms with E-state index < -0.39 is 12.1 Å². The van der Waals surface area contributed by atoms with E-state index in [9.17, 15) is 0 Å². The Bertz CT molecular complexity index is 316. The van der Waals surface area contributed by atoms with Crippen molar-refractivity contribution in [2.24, 2.45) is 5.16 Å². The van der Waals surface area contributed by atoms with Gasteiger partial charge in [-0.3, -0.25) is 0 Å². The fourth-order valence-corrected chi connectivity index (χ4v) is 2.27. The average molecular weight is 215 g/mol. The van der Waals surface area contributed by atoms with Crippen molar-refractivity contribution in [1.29, 1.82) is 0 Å². The first-order valence-corrected chi connectivity index (χ1v) is 4.95. The highest BCUT2D eigenvalue weighted by atomic mass is 16.8. The molecule has 2 bridgehead atoms. The van der Waals surface area contributed by atoms with E-state index in [2.05, 4.69) is 5.16 Å². The van der Waals surface area contributed by atoms with Crippen LogP contribution in [0.2, 0.25) is 0 Å². The summed E-state index contributed by atoms with van der Waals surface area (Å²) in [5.41, 5.74) is 0.458. The van der Waals surface area contributed by atoms with Crippen LogP contribution < -0.4 is 0 Å². The maximum atomic E-state index is 8.95. The zero-order valence-electron chi connectivity index (χ0n) is 8.54. The van der Waals surface area contributed by atoms with Gasteiger partial charge in [-0.15, -0.1) is 0 Å². The number of hydrogen-bond acceptors (Lipinski definition) is 6. The van der Waals surface area contributed by atoms with Gasteiger partial charge in [0.1, 0.15) is 24.0 Å². The third kappa shape index (κ3) is 1.29. The number of ether oxygens (including phenoxy) is 4. The lowest BCUT2D eigenvalue weighted by Crippen LogP contribution is -2.49. The smallest absolute Gasteiger partial charge is 0.187 e. The van der Waals surface area contributed by atoms with E-state index in [-0.39, 0.29) is 18.3 Å². The Balaban J connectivity index is 1.95. The summed E-state index contributed by atoms with van der Waals surface area (Å²) in [5, 5.41) is 12.2. The van der Waals surface area contributed by atoms with E-state index in [4.69, 9.17) is 24.2 Å². The van der Waals surface area contributed by atoms with Crippen molar-refractivity contribution in [3.8, 4) is 0 Å². The number of fused-ring (bicyclic) bond motifs is 4. The largest absolute Gasteiger partial charge is 0.411 e. The molecule has 0 unspecified atom stereocenters. The molecular weight excluding hydrogens is 202 g/mol. The quantitative estimate of drug-likeness (QED) is 0.458. The standard InChI is InChI=1S/C9H13NO5/c1-9(2)14-6-5(10-11)4-3-12-8(13-4)7(6)15-9/h4,6-8,11H,3H2,1-2H3/b10-5-/t4-,6-,7-,8+/m0/s1. The van der Waals surface area contributed by atoms with Gasteiger partial charge in [0.2, 0.25) is 0 Å². The maximum Gasteiger partial charge on any atom is 0.187 e. The number of oxime groups is 1. The Labute approximate surface area is 86.7 Å². The van der Waals surface area contributed by atoms with Crippen LogP contribution >= 0.6 is 0 Å². The highest BCUT2D eigenvalue weighted by Crippen LogP contribution is 2.39. The first-order chi connectivity index (χ1) is 7.11. The molecule has 15 heavy (non-hydrogen) atoms. The molecule has 0 aromatic heterocycles. The maximum absolute atomic E-state index is 8.95. The van der Waals surface area contributed by atoms with Crippen LogP contribution in [0, 0.1) is 0 Å². The highest BCUT2D eigenvalue weighted by molar-refractivity contribution is 5.94. The van der Waals surface area contributed by atoms with Crippen molar-refractivity contribution in [3.63, 3.8) is 0 Å². The lowest BCUT2D eigenvalue weighted by molar-refractivity contribution is -0.183. The van der Waals surface area contributed by atoms with Gasteiger partial charge < -0.3 is 24.2 Å². The molecule has 0 spiro atoms. The summed E-state index contributed by atoms with van der Waals surface area (Å²) in [4.78, 5) is 0. The first-order valence-electron chi connectivity index (χ1n) is 4.95. The Hall–Kier alpha value is -0.690. The van der Waals surface area contributed by atoms with Crippen LogP contribution in [-0.4, -0.2) is 47.9 Å². The summed E-state index contributed by atoms with van der Waals surface area (Å²) in [6.07, 6.45) is -1.42. The molecule has 4 atom stereocenters. The molecule has 1 N–H and O–H groups in total. The number of nitrogens with zero attached hydrogens (tertiary/aromatic N) is 1. The van der Waals surface area contributed by atoms with Crippen molar-refractivity contribution >= 4 is 5.71 Å². The molecular formula is C9H13NO5. The Morgan fingerprint density at radius 2 is 2.20 bits per heavy atom. The molecule has 84 valence electrons. The topological polar surface area (TPSA) is 69.5 Å². The zero-order valence-corrected chi connectivity index (χ0v) is 8.54. The molecule has 6 heteroatoms. The minimum atomic E-state index is -0.692. The second-order valence-corrected chi connectivity index (χ2v) is 4.37.